The lowest BCUT2D eigenvalue weighted by molar-refractivity contribution is -0.114. The van der Waals surface area contributed by atoms with Crippen LogP contribution in [0.4, 0.5) is 14.6 Å². The molecule has 2 rings (SSSR count). The maximum Gasteiger partial charge on any atom is 0.387 e. The molecule has 1 heterocycles. The summed E-state index contributed by atoms with van der Waals surface area (Å²) in [6.45, 7) is -1.47. The van der Waals surface area contributed by atoms with Gasteiger partial charge in [-0.15, -0.1) is 0 Å². The van der Waals surface area contributed by atoms with Crippen LogP contribution < -0.4 is 10.1 Å². The van der Waals surface area contributed by atoms with Gasteiger partial charge in [0, 0.05) is 18.7 Å². The molecule has 20 heavy (non-hydrogen) atoms. The number of amides is 1. The van der Waals surface area contributed by atoms with E-state index >= 15 is 0 Å². The van der Waals surface area contributed by atoms with E-state index in [0.717, 1.165) is 5.56 Å². The third kappa shape index (κ3) is 3.74. The summed E-state index contributed by atoms with van der Waals surface area (Å²) in [4.78, 5) is 14.9. The number of pyridine rings is 1. The molecule has 104 valence electrons. The smallest absolute Gasteiger partial charge is 0.387 e. The number of carbonyl (C=O) groups excluding carboxylic acids is 1. The highest BCUT2D eigenvalue weighted by Gasteiger charge is 2.06. The number of aromatic nitrogens is 1. The largest absolute Gasteiger partial charge is 0.435 e. The summed E-state index contributed by atoms with van der Waals surface area (Å²) in [5, 5.41) is 2.55. The van der Waals surface area contributed by atoms with Crippen molar-refractivity contribution < 1.29 is 18.3 Å². The molecule has 1 amide bonds. The number of anilines is 1. The second-order valence-electron chi connectivity index (χ2n) is 4.02. The maximum atomic E-state index is 12.2. The number of halogens is 2. The van der Waals surface area contributed by atoms with Crippen molar-refractivity contribution in [1.29, 1.82) is 0 Å². The zero-order valence-corrected chi connectivity index (χ0v) is 10.6. The first-order chi connectivity index (χ1) is 9.54. The highest BCUT2D eigenvalue weighted by molar-refractivity contribution is 5.87. The van der Waals surface area contributed by atoms with Crippen LogP contribution in [0, 0.1) is 0 Å². The normalized spacial score (nSPS) is 10.4. The summed E-state index contributed by atoms with van der Waals surface area (Å²) in [7, 11) is 0. The minimum Gasteiger partial charge on any atom is -0.435 e. The van der Waals surface area contributed by atoms with Crippen molar-refractivity contribution in [2.75, 3.05) is 5.32 Å². The van der Waals surface area contributed by atoms with Crippen LogP contribution in [0.5, 0.6) is 5.75 Å². The van der Waals surface area contributed by atoms with E-state index in [1.54, 1.807) is 30.5 Å². The van der Waals surface area contributed by atoms with Gasteiger partial charge >= 0.3 is 6.61 Å². The van der Waals surface area contributed by atoms with Crippen LogP contribution in [0.2, 0.25) is 0 Å². The zero-order chi connectivity index (χ0) is 14.5. The lowest BCUT2D eigenvalue weighted by atomic mass is 10.1. The van der Waals surface area contributed by atoms with Crippen LogP contribution >= 0.6 is 0 Å². The van der Waals surface area contributed by atoms with Crippen LogP contribution in [-0.4, -0.2) is 17.5 Å². The third-order valence-corrected chi connectivity index (χ3v) is 2.46. The molecule has 0 aliphatic rings. The Kier molecular flexibility index (Phi) is 4.24. The molecular weight excluding hydrogens is 266 g/mol. The van der Waals surface area contributed by atoms with E-state index in [1.165, 1.54) is 19.1 Å². The lowest BCUT2D eigenvalue weighted by Gasteiger charge is -2.07. The molecule has 0 saturated carbocycles. The number of alkyl halides is 2. The van der Waals surface area contributed by atoms with Gasteiger partial charge < -0.3 is 10.1 Å². The Morgan fingerprint density at radius 1 is 1.25 bits per heavy atom. The van der Waals surface area contributed by atoms with E-state index < -0.39 is 6.61 Å². The first-order valence-corrected chi connectivity index (χ1v) is 5.83. The average molecular weight is 278 g/mol. The number of nitrogens with one attached hydrogen (secondary N) is 1. The Labute approximate surface area is 114 Å². The molecular formula is C14H12F2N2O2. The summed E-state index contributed by atoms with van der Waals surface area (Å²) in [6.07, 6.45) is 1.55. The summed E-state index contributed by atoms with van der Waals surface area (Å²) in [5.74, 6) is 0.308. The van der Waals surface area contributed by atoms with E-state index in [1.807, 2.05) is 0 Å². The summed E-state index contributed by atoms with van der Waals surface area (Å²) < 4.78 is 28.7. The molecule has 0 radical (unpaired) electrons. The number of hydrogen-bond acceptors (Lipinski definition) is 3. The summed E-state index contributed by atoms with van der Waals surface area (Å²) in [6, 6.07) is 9.70. The van der Waals surface area contributed by atoms with Gasteiger partial charge in [-0.2, -0.15) is 8.78 Å². The Morgan fingerprint density at radius 3 is 2.65 bits per heavy atom. The topological polar surface area (TPSA) is 51.2 Å². The molecule has 1 aromatic heterocycles. The number of carbonyl (C=O) groups is 1. The fourth-order valence-corrected chi connectivity index (χ4v) is 1.67. The van der Waals surface area contributed by atoms with Crippen LogP contribution in [0.25, 0.3) is 11.1 Å². The molecule has 0 aliphatic carbocycles. The van der Waals surface area contributed by atoms with Crippen LogP contribution in [0.1, 0.15) is 6.92 Å². The van der Waals surface area contributed by atoms with Gasteiger partial charge in [0.1, 0.15) is 11.6 Å². The number of hydrogen-bond donors (Lipinski definition) is 1. The molecule has 2 aromatic rings. The van der Waals surface area contributed by atoms with Crippen LogP contribution in [0.15, 0.2) is 42.6 Å². The van der Waals surface area contributed by atoms with Gasteiger partial charge in [0.2, 0.25) is 5.91 Å². The first-order valence-electron chi connectivity index (χ1n) is 5.83. The number of benzene rings is 1. The molecule has 0 saturated heterocycles. The molecule has 4 nitrogen and oxygen atoms in total. The van der Waals surface area contributed by atoms with Crippen LogP contribution in [-0.2, 0) is 4.79 Å². The maximum absolute atomic E-state index is 12.2. The second-order valence-corrected chi connectivity index (χ2v) is 4.02. The quantitative estimate of drug-likeness (QED) is 0.933. The van der Waals surface area contributed by atoms with E-state index in [2.05, 4.69) is 15.0 Å². The van der Waals surface area contributed by atoms with Crippen LogP contribution in [0.3, 0.4) is 0 Å². The zero-order valence-electron chi connectivity index (χ0n) is 10.6. The average Bonchev–Trinajstić information content (AvgIpc) is 2.38. The highest BCUT2D eigenvalue weighted by atomic mass is 19.3. The van der Waals surface area contributed by atoms with Crippen molar-refractivity contribution in [3.63, 3.8) is 0 Å². The Morgan fingerprint density at radius 2 is 2.05 bits per heavy atom. The first kappa shape index (κ1) is 13.9. The van der Waals surface area contributed by atoms with Crippen molar-refractivity contribution >= 4 is 11.7 Å². The third-order valence-electron chi connectivity index (χ3n) is 2.46. The van der Waals surface area contributed by atoms with Gasteiger partial charge in [0.05, 0.1) is 0 Å². The van der Waals surface area contributed by atoms with E-state index in [-0.39, 0.29) is 11.7 Å². The summed E-state index contributed by atoms with van der Waals surface area (Å²) in [5.41, 5.74) is 1.43. The van der Waals surface area contributed by atoms with Gasteiger partial charge in [0.25, 0.3) is 0 Å². The molecule has 6 heteroatoms. The molecule has 1 aromatic carbocycles. The fourth-order valence-electron chi connectivity index (χ4n) is 1.67. The predicted octanol–water partition coefficient (Wildman–Crippen LogP) is 3.31. The molecule has 0 atom stereocenters. The lowest BCUT2D eigenvalue weighted by Crippen LogP contribution is -2.06. The van der Waals surface area contributed by atoms with Gasteiger partial charge in [0.15, 0.2) is 0 Å². The van der Waals surface area contributed by atoms with Crippen molar-refractivity contribution in [1.82, 2.24) is 4.98 Å². The Balaban J connectivity index is 2.20. The monoisotopic (exact) mass is 278 g/mol. The van der Waals surface area contributed by atoms with Gasteiger partial charge in [-0.1, -0.05) is 12.1 Å². The predicted molar refractivity (Wildman–Crippen MR) is 70.6 cm³/mol. The molecule has 0 unspecified atom stereocenters. The van der Waals surface area contributed by atoms with Crippen molar-refractivity contribution in [3.8, 4) is 16.9 Å². The molecule has 0 bridgehead atoms. The Bertz CT molecular complexity index is 600. The van der Waals surface area contributed by atoms with Crippen molar-refractivity contribution in [2.45, 2.75) is 13.5 Å². The van der Waals surface area contributed by atoms with E-state index in [4.69, 9.17) is 0 Å². The molecule has 0 spiro atoms. The molecule has 1 N–H and O–H groups in total. The minimum atomic E-state index is -2.86. The van der Waals surface area contributed by atoms with Gasteiger partial charge in [-0.05, 0) is 29.8 Å². The van der Waals surface area contributed by atoms with Gasteiger partial charge in [-0.3, -0.25) is 4.79 Å². The summed E-state index contributed by atoms with van der Waals surface area (Å²) >= 11 is 0. The minimum absolute atomic E-state index is 0.0865. The highest BCUT2D eigenvalue weighted by Crippen LogP contribution is 2.24. The number of nitrogens with zero attached hydrogens (tertiary/aromatic N) is 1. The SMILES string of the molecule is CC(=O)Nc1ccc(-c2cccc(OC(F)F)c2)cn1. The van der Waals surface area contributed by atoms with Gasteiger partial charge in [-0.25, -0.2) is 4.98 Å². The number of rotatable bonds is 4. The van der Waals surface area contributed by atoms with Crippen molar-refractivity contribution in [3.05, 3.63) is 42.6 Å². The molecule has 0 fully saturated rings. The van der Waals surface area contributed by atoms with Crippen molar-refractivity contribution in [2.24, 2.45) is 0 Å². The Hall–Kier alpha value is -2.50. The number of ether oxygens (including phenoxy) is 1. The van der Waals surface area contributed by atoms with E-state index in [0.29, 0.717) is 11.4 Å². The molecule has 0 aliphatic heterocycles. The standard InChI is InChI=1S/C14H12F2N2O2/c1-9(19)18-13-6-5-11(8-17-13)10-3-2-4-12(7-10)20-14(15)16/h2-8,14H,1H3,(H,17,18,19). The second kappa shape index (κ2) is 6.10. The fraction of sp³-hybridized carbons (Fsp3) is 0.143. The van der Waals surface area contributed by atoms with E-state index in [9.17, 15) is 13.6 Å².